The van der Waals surface area contributed by atoms with Gasteiger partial charge in [-0.1, -0.05) is 60.1 Å². The highest BCUT2D eigenvalue weighted by Gasteiger charge is 2.24. The lowest BCUT2D eigenvalue weighted by Crippen LogP contribution is -1.99. The third kappa shape index (κ3) is 2.80. The standard InChI is InChI=1S/C22H14ClN3O/c23-16-11-12-20-19(13-16)24-14-18-21(15-7-3-1-4-8-15)25-26(22(18)27-20)17-9-5-2-6-10-17/h1-14H. The van der Waals surface area contributed by atoms with E-state index in [-0.39, 0.29) is 0 Å². The fraction of sp³-hybridized carbons (Fsp3) is 0. The van der Waals surface area contributed by atoms with Crippen molar-refractivity contribution < 1.29 is 4.74 Å². The van der Waals surface area contributed by atoms with Gasteiger partial charge in [0.1, 0.15) is 11.4 Å². The van der Waals surface area contributed by atoms with E-state index in [1.165, 1.54) is 0 Å². The van der Waals surface area contributed by atoms with Gasteiger partial charge < -0.3 is 4.74 Å². The summed E-state index contributed by atoms with van der Waals surface area (Å²) in [6, 6.07) is 25.4. The molecule has 0 saturated carbocycles. The van der Waals surface area contributed by atoms with E-state index in [4.69, 9.17) is 21.4 Å². The van der Waals surface area contributed by atoms with E-state index in [9.17, 15) is 0 Å². The van der Waals surface area contributed by atoms with E-state index in [0.29, 0.717) is 22.3 Å². The highest BCUT2D eigenvalue weighted by atomic mass is 35.5. The maximum Gasteiger partial charge on any atom is 0.232 e. The predicted molar refractivity (Wildman–Crippen MR) is 108 cm³/mol. The fourth-order valence-corrected chi connectivity index (χ4v) is 3.26. The second-order valence-corrected chi connectivity index (χ2v) is 6.59. The second kappa shape index (κ2) is 6.41. The number of fused-ring (bicyclic) bond motifs is 2. The van der Waals surface area contributed by atoms with E-state index < -0.39 is 0 Å². The first-order valence-electron chi connectivity index (χ1n) is 8.55. The van der Waals surface area contributed by atoms with Crippen LogP contribution in [0.15, 0.2) is 83.9 Å². The van der Waals surface area contributed by atoms with Crippen LogP contribution in [0.3, 0.4) is 0 Å². The molecule has 1 aromatic heterocycles. The Hall–Kier alpha value is -3.37. The molecule has 2 heterocycles. The van der Waals surface area contributed by atoms with Crippen LogP contribution >= 0.6 is 11.6 Å². The quantitative estimate of drug-likeness (QED) is 0.379. The van der Waals surface area contributed by atoms with Crippen LogP contribution in [0, 0.1) is 0 Å². The number of para-hydroxylation sites is 1. The van der Waals surface area contributed by atoms with Gasteiger partial charge in [-0.2, -0.15) is 9.78 Å². The lowest BCUT2D eigenvalue weighted by atomic mass is 10.1. The minimum absolute atomic E-state index is 0.619. The molecule has 27 heavy (non-hydrogen) atoms. The molecule has 3 aromatic carbocycles. The molecule has 130 valence electrons. The van der Waals surface area contributed by atoms with Crippen LogP contribution in [-0.2, 0) is 0 Å². The number of hydrogen-bond acceptors (Lipinski definition) is 3. The van der Waals surface area contributed by atoms with Crippen molar-refractivity contribution in [3.05, 3.63) is 89.4 Å². The Morgan fingerprint density at radius 2 is 1.59 bits per heavy atom. The molecule has 5 heteroatoms. The van der Waals surface area contributed by atoms with Crippen molar-refractivity contribution >= 4 is 23.5 Å². The average molecular weight is 372 g/mol. The van der Waals surface area contributed by atoms with Gasteiger partial charge in [0.2, 0.25) is 5.88 Å². The lowest BCUT2D eigenvalue weighted by Gasteiger charge is -2.10. The molecule has 4 nitrogen and oxygen atoms in total. The number of aliphatic imine (C=N–C) groups is 1. The van der Waals surface area contributed by atoms with Gasteiger partial charge in [0.05, 0.1) is 11.3 Å². The molecule has 0 radical (unpaired) electrons. The molecule has 0 amide bonds. The smallest absolute Gasteiger partial charge is 0.232 e. The summed E-state index contributed by atoms with van der Waals surface area (Å²) in [5.41, 5.74) is 4.26. The number of ether oxygens (including phenoxy) is 1. The Labute approximate surface area is 161 Å². The zero-order chi connectivity index (χ0) is 18.2. The van der Waals surface area contributed by atoms with E-state index in [0.717, 1.165) is 22.5 Å². The van der Waals surface area contributed by atoms with Gasteiger partial charge in [0.25, 0.3) is 0 Å². The Balaban J connectivity index is 1.76. The van der Waals surface area contributed by atoms with Crippen LogP contribution in [0.5, 0.6) is 11.6 Å². The molecular formula is C22H14ClN3O. The predicted octanol–water partition coefficient (Wildman–Crippen LogP) is 6.05. The molecule has 1 aliphatic rings. The molecule has 1 aliphatic heterocycles. The molecule has 0 aliphatic carbocycles. The van der Waals surface area contributed by atoms with Gasteiger partial charge in [-0.05, 0) is 30.3 Å². The van der Waals surface area contributed by atoms with E-state index in [1.807, 2.05) is 71.4 Å². The van der Waals surface area contributed by atoms with Gasteiger partial charge >= 0.3 is 0 Å². The molecule has 0 atom stereocenters. The first kappa shape index (κ1) is 15.9. The summed E-state index contributed by atoms with van der Waals surface area (Å²) in [5.74, 6) is 1.27. The van der Waals surface area contributed by atoms with E-state index in [1.54, 1.807) is 18.3 Å². The van der Waals surface area contributed by atoms with Crippen LogP contribution < -0.4 is 4.74 Å². The fourth-order valence-electron chi connectivity index (χ4n) is 3.10. The Bertz CT molecular complexity index is 1150. The Kier molecular flexibility index (Phi) is 3.77. The zero-order valence-electron chi connectivity index (χ0n) is 14.2. The second-order valence-electron chi connectivity index (χ2n) is 6.15. The van der Waals surface area contributed by atoms with Gasteiger partial charge in [-0.15, -0.1) is 0 Å². The van der Waals surface area contributed by atoms with Crippen LogP contribution in [0.25, 0.3) is 16.9 Å². The van der Waals surface area contributed by atoms with Crippen LogP contribution in [0.1, 0.15) is 5.56 Å². The molecule has 0 saturated heterocycles. The third-order valence-electron chi connectivity index (χ3n) is 4.39. The molecule has 0 spiro atoms. The normalized spacial score (nSPS) is 12.0. The molecule has 0 bridgehead atoms. The topological polar surface area (TPSA) is 39.4 Å². The van der Waals surface area contributed by atoms with Crippen LogP contribution in [-0.4, -0.2) is 16.0 Å². The first-order chi connectivity index (χ1) is 13.3. The average Bonchev–Trinajstić information content (AvgIpc) is 2.97. The summed E-state index contributed by atoms with van der Waals surface area (Å²) in [7, 11) is 0. The van der Waals surface area contributed by atoms with Crippen molar-refractivity contribution in [2.75, 3.05) is 0 Å². The van der Waals surface area contributed by atoms with Crippen molar-refractivity contribution in [3.8, 4) is 28.6 Å². The summed E-state index contributed by atoms with van der Waals surface area (Å²) in [4.78, 5) is 4.59. The monoisotopic (exact) mass is 371 g/mol. The number of nitrogens with zero attached hydrogens (tertiary/aromatic N) is 3. The molecule has 0 unspecified atom stereocenters. The molecule has 0 N–H and O–H groups in total. The maximum absolute atomic E-state index is 6.26. The number of rotatable bonds is 2. The van der Waals surface area contributed by atoms with Crippen LogP contribution in [0.2, 0.25) is 5.02 Å². The van der Waals surface area contributed by atoms with Crippen molar-refractivity contribution in [2.24, 2.45) is 4.99 Å². The van der Waals surface area contributed by atoms with Gasteiger partial charge in [0, 0.05) is 16.8 Å². The largest absolute Gasteiger partial charge is 0.436 e. The highest BCUT2D eigenvalue weighted by Crippen LogP contribution is 2.41. The summed E-state index contributed by atoms with van der Waals surface area (Å²) in [5, 5.41) is 5.46. The molecule has 5 rings (SSSR count). The van der Waals surface area contributed by atoms with Crippen molar-refractivity contribution in [2.45, 2.75) is 0 Å². The van der Waals surface area contributed by atoms with Gasteiger partial charge in [-0.3, -0.25) is 4.99 Å². The third-order valence-corrected chi connectivity index (χ3v) is 4.62. The first-order valence-corrected chi connectivity index (χ1v) is 8.93. The summed E-state index contributed by atoms with van der Waals surface area (Å²) in [6.45, 7) is 0. The summed E-state index contributed by atoms with van der Waals surface area (Å²) >= 11 is 6.12. The van der Waals surface area contributed by atoms with Crippen molar-refractivity contribution in [3.63, 3.8) is 0 Å². The molecule has 0 fully saturated rings. The number of halogens is 1. The van der Waals surface area contributed by atoms with E-state index >= 15 is 0 Å². The maximum atomic E-state index is 6.26. The Morgan fingerprint density at radius 1 is 0.852 bits per heavy atom. The van der Waals surface area contributed by atoms with Gasteiger partial charge in [-0.25, -0.2) is 0 Å². The van der Waals surface area contributed by atoms with Crippen molar-refractivity contribution in [1.82, 2.24) is 9.78 Å². The SMILES string of the molecule is Clc1ccc2c(c1)N=Cc1c(-c3ccccc3)nn(-c3ccccc3)c1O2. The van der Waals surface area contributed by atoms with Crippen LogP contribution in [0.4, 0.5) is 5.69 Å². The van der Waals surface area contributed by atoms with Gasteiger partial charge in [0.15, 0.2) is 5.75 Å². The zero-order valence-corrected chi connectivity index (χ0v) is 15.0. The summed E-state index contributed by atoms with van der Waals surface area (Å²) < 4.78 is 8.07. The van der Waals surface area contributed by atoms with E-state index in [2.05, 4.69) is 4.99 Å². The molecular weight excluding hydrogens is 358 g/mol. The minimum Gasteiger partial charge on any atom is -0.436 e. The minimum atomic E-state index is 0.619. The number of hydrogen-bond donors (Lipinski definition) is 0. The lowest BCUT2D eigenvalue weighted by molar-refractivity contribution is 0.446. The number of benzene rings is 3. The summed E-state index contributed by atoms with van der Waals surface area (Å²) in [6.07, 6.45) is 1.80. The Morgan fingerprint density at radius 3 is 2.37 bits per heavy atom. The highest BCUT2D eigenvalue weighted by molar-refractivity contribution is 6.30. The number of aromatic nitrogens is 2. The molecule has 4 aromatic rings. The van der Waals surface area contributed by atoms with Crippen molar-refractivity contribution in [1.29, 1.82) is 0 Å².